The van der Waals surface area contributed by atoms with E-state index in [2.05, 4.69) is 15.3 Å². The minimum Gasteiger partial charge on any atom is -0.391 e. The van der Waals surface area contributed by atoms with Crippen LogP contribution < -0.4 is 11.1 Å². The summed E-state index contributed by atoms with van der Waals surface area (Å²) in [6, 6.07) is 0.931. The molecule has 0 aliphatic heterocycles. The van der Waals surface area contributed by atoms with Gasteiger partial charge in [0, 0.05) is 6.07 Å². The van der Waals surface area contributed by atoms with Gasteiger partial charge in [0.1, 0.15) is 11.6 Å². The first-order valence-electron chi connectivity index (χ1n) is 6.52. The molecule has 2 rings (SSSR count). The number of halogens is 3. The Bertz CT molecular complexity index is 467. The van der Waals surface area contributed by atoms with Gasteiger partial charge in [0.05, 0.1) is 12.1 Å². The summed E-state index contributed by atoms with van der Waals surface area (Å²) in [6.45, 7) is 0. The summed E-state index contributed by atoms with van der Waals surface area (Å²) >= 11 is 0. The first-order valence-corrected chi connectivity index (χ1v) is 6.52. The third-order valence-corrected chi connectivity index (χ3v) is 3.31. The first kappa shape index (κ1) is 14.8. The zero-order valence-corrected chi connectivity index (χ0v) is 10.8. The molecule has 5 nitrogen and oxygen atoms in total. The zero-order valence-electron chi connectivity index (χ0n) is 10.8. The van der Waals surface area contributed by atoms with Crippen molar-refractivity contribution in [2.45, 2.75) is 50.4 Å². The van der Waals surface area contributed by atoms with Crippen molar-refractivity contribution in [3.63, 3.8) is 0 Å². The van der Waals surface area contributed by atoms with Crippen molar-refractivity contribution in [1.29, 1.82) is 0 Å². The predicted octanol–water partition coefficient (Wildman–Crippen LogP) is 2.18. The van der Waals surface area contributed by atoms with Crippen molar-refractivity contribution >= 4 is 11.6 Å². The zero-order chi connectivity index (χ0) is 14.8. The second kappa shape index (κ2) is 5.82. The molecule has 0 radical (unpaired) electrons. The van der Waals surface area contributed by atoms with Gasteiger partial charge in [-0.15, -0.1) is 0 Å². The first-order chi connectivity index (χ1) is 9.36. The van der Waals surface area contributed by atoms with Crippen LogP contribution >= 0.6 is 0 Å². The smallest absolute Gasteiger partial charge is 0.391 e. The maximum Gasteiger partial charge on any atom is 0.451 e. The summed E-state index contributed by atoms with van der Waals surface area (Å²) in [7, 11) is 0. The number of alkyl halides is 3. The van der Waals surface area contributed by atoms with Gasteiger partial charge < -0.3 is 16.2 Å². The van der Waals surface area contributed by atoms with E-state index < -0.39 is 18.1 Å². The number of nitrogens with one attached hydrogen (secondary N) is 1. The summed E-state index contributed by atoms with van der Waals surface area (Å²) in [6.07, 6.45) is -1.08. The fourth-order valence-corrected chi connectivity index (χ4v) is 2.31. The third kappa shape index (κ3) is 3.72. The largest absolute Gasteiger partial charge is 0.451 e. The van der Waals surface area contributed by atoms with Gasteiger partial charge in [-0.25, -0.2) is 9.97 Å². The minimum atomic E-state index is -4.64. The number of aliphatic hydroxyl groups is 1. The summed E-state index contributed by atoms with van der Waals surface area (Å²) in [4.78, 5) is 6.60. The molecule has 2 unspecified atom stereocenters. The minimum absolute atomic E-state index is 0.00391. The van der Waals surface area contributed by atoms with Gasteiger partial charge in [0.15, 0.2) is 0 Å². The fourth-order valence-electron chi connectivity index (χ4n) is 2.31. The molecule has 0 aromatic carbocycles. The van der Waals surface area contributed by atoms with Crippen LogP contribution in [-0.4, -0.2) is 27.2 Å². The van der Waals surface area contributed by atoms with Crippen LogP contribution in [0.5, 0.6) is 0 Å². The second-order valence-corrected chi connectivity index (χ2v) is 4.96. The Labute approximate surface area is 114 Å². The van der Waals surface area contributed by atoms with Crippen LogP contribution in [0.1, 0.15) is 37.9 Å². The van der Waals surface area contributed by atoms with Crippen molar-refractivity contribution in [2.75, 3.05) is 11.1 Å². The summed E-state index contributed by atoms with van der Waals surface area (Å²) in [5.41, 5.74) is 5.37. The van der Waals surface area contributed by atoms with E-state index >= 15 is 0 Å². The highest BCUT2D eigenvalue weighted by molar-refractivity contribution is 5.45. The molecule has 0 amide bonds. The molecule has 112 valence electrons. The van der Waals surface area contributed by atoms with Crippen molar-refractivity contribution in [2.24, 2.45) is 0 Å². The van der Waals surface area contributed by atoms with Gasteiger partial charge >= 0.3 is 6.18 Å². The summed E-state index contributed by atoms with van der Waals surface area (Å²) in [5, 5.41) is 12.8. The molecule has 1 fully saturated rings. The Balaban J connectivity index is 2.18. The lowest BCUT2D eigenvalue weighted by molar-refractivity contribution is -0.144. The van der Waals surface area contributed by atoms with Crippen molar-refractivity contribution in [3.8, 4) is 0 Å². The van der Waals surface area contributed by atoms with E-state index in [4.69, 9.17) is 5.73 Å². The van der Waals surface area contributed by atoms with Crippen LogP contribution in [0.3, 0.4) is 0 Å². The molecule has 1 aliphatic carbocycles. The Kier molecular flexibility index (Phi) is 4.32. The monoisotopic (exact) mass is 290 g/mol. The topological polar surface area (TPSA) is 84.1 Å². The van der Waals surface area contributed by atoms with E-state index in [1.54, 1.807) is 0 Å². The van der Waals surface area contributed by atoms with Gasteiger partial charge in [-0.05, 0) is 12.8 Å². The molecule has 1 saturated carbocycles. The average molecular weight is 290 g/mol. The van der Waals surface area contributed by atoms with E-state index in [-0.39, 0.29) is 17.7 Å². The number of aliphatic hydroxyl groups excluding tert-OH is 1. The molecular formula is C12H17F3N4O. The molecule has 1 heterocycles. The molecule has 0 saturated heterocycles. The van der Waals surface area contributed by atoms with E-state index in [9.17, 15) is 18.3 Å². The second-order valence-electron chi connectivity index (χ2n) is 4.96. The number of aromatic nitrogens is 2. The molecular weight excluding hydrogens is 273 g/mol. The van der Waals surface area contributed by atoms with Gasteiger partial charge in [-0.3, -0.25) is 0 Å². The lowest BCUT2D eigenvalue weighted by Gasteiger charge is -2.22. The summed E-state index contributed by atoms with van der Waals surface area (Å²) < 4.78 is 37.8. The summed E-state index contributed by atoms with van der Waals surface area (Å²) in [5.74, 6) is -1.53. The van der Waals surface area contributed by atoms with Crippen LogP contribution in [0.25, 0.3) is 0 Å². The Hall–Kier alpha value is -1.57. The van der Waals surface area contributed by atoms with E-state index in [0.717, 1.165) is 19.3 Å². The van der Waals surface area contributed by atoms with E-state index in [1.807, 2.05) is 0 Å². The predicted molar refractivity (Wildman–Crippen MR) is 67.9 cm³/mol. The number of rotatable bonds is 2. The van der Waals surface area contributed by atoms with Gasteiger partial charge in [-0.2, -0.15) is 13.2 Å². The van der Waals surface area contributed by atoms with Gasteiger partial charge in [0.2, 0.25) is 5.82 Å². The van der Waals surface area contributed by atoms with E-state index in [1.165, 1.54) is 6.07 Å². The van der Waals surface area contributed by atoms with Crippen LogP contribution in [0, 0.1) is 0 Å². The molecule has 20 heavy (non-hydrogen) atoms. The number of nitrogens with zero attached hydrogens (tertiary/aromatic N) is 2. The van der Waals surface area contributed by atoms with Crippen LogP contribution in [0.4, 0.5) is 24.8 Å². The van der Waals surface area contributed by atoms with Crippen molar-refractivity contribution in [1.82, 2.24) is 9.97 Å². The lowest BCUT2D eigenvalue weighted by atomic mass is 10.1. The molecule has 2 atom stereocenters. The maximum absolute atomic E-state index is 12.6. The third-order valence-electron chi connectivity index (χ3n) is 3.31. The molecule has 0 bridgehead atoms. The van der Waals surface area contributed by atoms with Crippen LogP contribution in [0.15, 0.2) is 6.07 Å². The standard InChI is InChI=1S/C12H17F3N4O/c13-12(14,15)11-18-9(16)6-10(19-11)17-7-4-2-1-3-5-8(7)20/h6-8,20H,1-5H2,(H3,16,17,18,19). The van der Waals surface area contributed by atoms with Gasteiger partial charge in [-0.1, -0.05) is 19.3 Å². The van der Waals surface area contributed by atoms with E-state index in [0.29, 0.717) is 12.8 Å². The van der Waals surface area contributed by atoms with Crippen molar-refractivity contribution < 1.29 is 18.3 Å². The Morgan fingerprint density at radius 3 is 2.60 bits per heavy atom. The Morgan fingerprint density at radius 2 is 1.90 bits per heavy atom. The molecule has 1 aliphatic rings. The molecule has 8 heteroatoms. The maximum atomic E-state index is 12.6. The highest BCUT2D eigenvalue weighted by Crippen LogP contribution is 2.28. The number of nitrogen functional groups attached to an aromatic ring is 1. The van der Waals surface area contributed by atoms with Crippen molar-refractivity contribution in [3.05, 3.63) is 11.9 Å². The molecule has 1 aromatic rings. The molecule has 4 N–H and O–H groups in total. The normalized spacial score (nSPS) is 24.2. The quantitative estimate of drug-likeness (QED) is 0.727. The van der Waals surface area contributed by atoms with Crippen LogP contribution in [0.2, 0.25) is 0 Å². The number of anilines is 2. The fraction of sp³-hybridized carbons (Fsp3) is 0.667. The lowest BCUT2D eigenvalue weighted by Crippen LogP contribution is -2.33. The number of hydrogen-bond donors (Lipinski definition) is 3. The highest BCUT2D eigenvalue weighted by Gasteiger charge is 2.35. The molecule has 0 spiro atoms. The SMILES string of the molecule is Nc1cc(NC2CCCCCC2O)nc(C(F)(F)F)n1. The average Bonchev–Trinajstić information content (AvgIpc) is 2.53. The highest BCUT2D eigenvalue weighted by atomic mass is 19.4. The molecule has 1 aromatic heterocycles. The Morgan fingerprint density at radius 1 is 1.20 bits per heavy atom. The van der Waals surface area contributed by atoms with Gasteiger partial charge in [0.25, 0.3) is 0 Å². The number of hydrogen-bond acceptors (Lipinski definition) is 5. The number of nitrogens with two attached hydrogens (primary N) is 1. The van der Waals surface area contributed by atoms with Crippen LogP contribution in [-0.2, 0) is 6.18 Å².